The number of nitrogens with two attached hydrogens (primary N) is 1. The highest BCUT2D eigenvalue weighted by Gasteiger charge is 2.19. The van der Waals surface area contributed by atoms with Crippen LogP contribution in [0.1, 0.15) is 18.8 Å². The van der Waals surface area contributed by atoms with Gasteiger partial charge in [0.15, 0.2) is 0 Å². The second-order valence-electron chi connectivity index (χ2n) is 4.83. The van der Waals surface area contributed by atoms with Gasteiger partial charge in [-0.1, -0.05) is 6.07 Å². The highest BCUT2D eigenvalue weighted by molar-refractivity contribution is 5.79. The van der Waals surface area contributed by atoms with Crippen LogP contribution in [0.2, 0.25) is 0 Å². The lowest BCUT2D eigenvalue weighted by Gasteiger charge is -2.12. The van der Waals surface area contributed by atoms with Crippen molar-refractivity contribution in [2.75, 3.05) is 0 Å². The Bertz CT molecular complexity index is 804. The van der Waals surface area contributed by atoms with Crippen LogP contribution in [0, 0.1) is 17.5 Å². The molecule has 0 saturated heterocycles. The molecule has 0 amide bonds. The summed E-state index contributed by atoms with van der Waals surface area (Å²) in [5.41, 5.74) is 6.52. The van der Waals surface area contributed by atoms with Crippen LogP contribution in [0.15, 0.2) is 36.4 Å². The third kappa shape index (κ3) is 2.27. The van der Waals surface area contributed by atoms with Gasteiger partial charge in [0.1, 0.15) is 28.8 Å². The first-order valence-corrected chi connectivity index (χ1v) is 6.36. The molecular formula is C15H12F3N3. The van der Waals surface area contributed by atoms with E-state index in [4.69, 9.17) is 5.73 Å². The zero-order valence-corrected chi connectivity index (χ0v) is 11.1. The molecule has 0 radical (unpaired) electrons. The van der Waals surface area contributed by atoms with Crippen molar-refractivity contribution in [2.45, 2.75) is 13.0 Å². The molecule has 21 heavy (non-hydrogen) atoms. The number of hydrogen-bond acceptors (Lipinski definition) is 2. The Morgan fingerprint density at radius 1 is 1.10 bits per heavy atom. The van der Waals surface area contributed by atoms with E-state index in [1.165, 1.54) is 16.7 Å². The first-order valence-electron chi connectivity index (χ1n) is 6.36. The Morgan fingerprint density at radius 3 is 2.38 bits per heavy atom. The molecule has 2 aromatic carbocycles. The van der Waals surface area contributed by atoms with Crippen molar-refractivity contribution in [3.8, 4) is 5.69 Å². The SMILES string of the molecule is CC(N)c1nc2cccc(F)c2n1-c1cc(F)cc(F)c1. The molecule has 3 rings (SSSR count). The number of imidazole rings is 1. The Hall–Kier alpha value is -2.34. The van der Waals surface area contributed by atoms with Crippen molar-refractivity contribution in [3.63, 3.8) is 0 Å². The molecule has 0 aliphatic rings. The summed E-state index contributed by atoms with van der Waals surface area (Å²) in [5, 5.41) is 0. The maximum Gasteiger partial charge on any atom is 0.149 e. The molecule has 1 heterocycles. The van der Waals surface area contributed by atoms with Gasteiger partial charge in [0.05, 0.1) is 17.2 Å². The number of aromatic nitrogens is 2. The molecule has 3 aromatic rings. The lowest BCUT2D eigenvalue weighted by Crippen LogP contribution is -2.13. The first kappa shape index (κ1) is 13.6. The largest absolute Gasteiger partial charge is 0.322 e. The lowest BCUT2D eigenvalue weighted by molar-refractivity contribution is 0.580. The van der Waals surface area contributed by atoms with Crippen molar-refractivity contribution in [1.82, 2.24) is 9.55 Å². The third-order valence-electron chi connectivity index (χ3n) is 3.17. The number of benzene rings is 2. The van der Waals surface area contributed by atoms with Crippen LogP contribution < -0.4 is 5.73 Å². The summed E-state index contributed by atoms with van der Waals surface area (Å²) in [7, 11) is 0. The van der Waals surface area contributed by atoms with E-state index in [0.29, 0.717) is 11.3 Å². The Labute approximate surface area is 118 Å². The van der Waals surface area contributed by atoms with Crippen LogP contribution in [-0.4, -0.2) is 9.55 Å². The van der Waals surface area contributed by atoms with E-state index in [1.807, 2.05) is 0 Å². The summed E-state index contributed by atoms with van der Waals surface area (Å²) < 4.78 is 42.4. The predicted molar refractivity (Wildman–Crippen MR) is 73.5 cm³/mol. The lowest BCUT2D eigenvalue weighted by atomic mass is 10.2. The Kier molecular flexibility index (Phi) is 3.17. The van der Waals surface area contributed by atoms with Crippen molar-refractivity contribution in [1.29, 1.82) is 0 Å². The number of fused-ring (bicyclic) bond motifs is 1. The van der Waals surface area contributed by atoms with E-state index in [1.54, 1.807) is 13.0 Å². The minimum absolute atomic E-state index is 0.146. The summed E-state index contributed by atoms with van der Waals surface area (Å²) in [6.45, 7) is 1.67. The molecular weight excluding hydrogens is 279 g/mol. The second kappa shape index (κ2) is 4.89. The van der Waals surface area contributed by atoms with Crippen molar-refractivity contribution >= 4 is 11.0 Å². The fourth-order valence-corrected chi connectivity index (χ4v) is 2.34. The van der Waals surface area contributed by atoms with E-state index in [-0.39, 0.29) is 11.2 Å². The zero-order valence-electron chi connectivity index (χ0n) is 11.1. The van der Waals surface area contributed by atoms with Gasteiger partial charge in [0.25, 0.3) is 0 Å². The van der Waals surface area contributed by atoms with Gasteiger partial charge in [-0.2, -0.15) is 0 Å². The van der Waals surface area contributed by atoms with Gasteiger partial charge < -0.3 is 5.73 Å². The minimum Gasteiger partial charge on any atom is -0.322 e. The summed E-state index contributed by atoms with van der Waals surface area (Å²) in [5.74, 6) is -1.70. The van der Waals surface area contributed by atoms with Gasteiger partial charge in [-0.3, -0.25) is 4.57 Å². The average molecular weight is 291 g/mol. The van der Waals surface area contributed by atoms with Crippen molar-refractivity contribution in [3.05, 3.63) is 59.7 Å². The first-order chi connectivity index (χ1) is 9.97. The van der Waals surface area contributed by atoms with E-state index in [2.05, 4.69) is 4.98 Å². The molecule has 0 aliphatic carbocycles. The predicted octanol–water partition coefficient (Wildman–Crippen LogP) is 3.46. The molecule has 0 saturated carbocycles. The van der Waals surface area contributed by atoms with E-state index in [0.717, 1.165) is 18.2 Å². The Morgan fingerprint density at radius 2 is 1.76 bits per heavy atom. The zero-order chi connectivity index (χ0) is 15.1. The molecule has 3 nitrogen and oxygen atoms in total. The number of para-hydroxylation sites is 1. The van der Waals surface area contributed by atoms with Gasteiger partial charge in [-0.05, 0) is 31.2 Å². The fraction of sp³-hybridized carbons (Fsp3) is 0.133. The number of halogens is 3. The molecule has 0 aliphatic heterocycles. The smallest absolute Gasteiger partial charge is 0.149 e. The topological polar surface area (TPSA) is 43.8 Å². The third-order valence-corrected chi connectivity index (χ3v) is 3.17. The second-order valence-corrected chi connectivity index (χ2v) is 4.83. The van der Waals surface area contributed by atoms with Gasteiger partial charge in [0, 0.05) is 6.07 Å². The van der Waals surface area contributed by atoms with E-state index in [9.17, 15) is 13.2 Å². The van der Waals surface area contributed by atoms with Crippen LogP contribution in [0.4, 0.5) is 13.2 Å². The monoisotopic (exact) mass is 291 g/mol. The average Bonchev–Trinajstić information content (AvgIpc) is 2.78. The summed E-state index contributed by atoms with van der Waals surface area (Å²) >= 11 is 0. The molecule has 1 atom stereocenters. The van der Waals surface area contributed by atoms with Crippen LogP contribution in [-0.2, 0) is 0 Å². The van der Waals surface area contributed by atoms with Crippen LogP contribution in [0.3, 0.4) is 0 Å². The van der Waals surface area contributed by atoms with Crippen LogP contribution in [0.5, 0.6) is 0 Å². The maximum absolute atomic E-state index is 14.1. The van der Waals surface area contributed by atoms with Gasteiger partial charge in [-0.25, -0.2) is 18.2 Å². The van der Waals surface area contributed by atoms with Crippen LogP contribution >= 0.6 is 0 Å². The van der Waals surface area contributed by atoms with Crippen molar-refractivity contribution < 1.29 is 13.2 Å². The Balaban J connectivity index is 2.41. The molecule has 6 heteroatoms. The molecule has 1 aromatic heterocycles. The normalized spacial score (nSPS) is 12.8. The van der Waals surface area contributed by atoms with E-state index < -0.39 is 23.5 Å². The van der Waals surface area contributed by atoms with Crippen LogP contribution in [0.25, 0.3) is 16.7 Å². The molecule has 2 N–H and O–H groups in total. The summed E-state index contributed by atoms with van der Waals surface area (Å²) in [4.78, 5) is 4.26. The fourth-order valence-electron chi connectivity index (χ4n) is 2.34. The van der Waals surface area contributed by atoms with Gasteiger partial charge >= 0.3 is 0 Å². The number of rotatable bonds is 2. The van der Waals surface area contributed by atoms with E-state index >= 15 is 0 Å². The van der Waals surface area contributed by atoms with Gasteiger partial charge in [0.2, 0.25) is 0 Å². The number of hydrogen-bond donors (Lipinski definition) is 1. The molecule has 0 spiro atoms. The summed E-state index contributed by atoms with van der Waals surface area (Å²) in [6, 6.07) is 6.86. The standard InChI is InChI=1S/C15H12F3N3/c1-8(19)15-20-13-4-2-3-12(18)14(13)21(15)11-6-9(16)5-10(17)7-11/h2-8H,19H2,1H3. The minimum atomic E-state index is -0.751. The highest BCUT2D eigenvalue weighted by Crippen LogP contribution is 2.27. The molecule has 1 unspecified atom stereocenters. The van der Waals surface area contributed by atoms with Crippen molar-refractivity contribution in [2.24, 2.45) is 5.73 Å². The van der Waals surface area contributed by atoms with Gasteiger partial charge in [-0.15, -0.1) is 0 Å². The highest BCUT2D eigenvalue weighted by atomic mass is 19.1. The molecule has 0 bridgehead atoms. The quantitative estimate of drug-likeness (QED) is 0.785. The maximum atomic E-state index is 14.1. The molecule has 108 valence electrons. The summed E-state index contributed by atoms with van der Waals surface area (Å²) in [6.07, 6.45) is 0. The number of nitrogens with zero attached hydrogens (tertiary/aromatic N) is 2. The molecule has 0 fully saturated rings.